The van der Waals surface area contributed by atoms with Crippen molar-refractivity contribution < 1.29 is 9.59 Å². The van der Waals surface area contributed by atoms with Crippen molar-refractivity contribution in [1.82, 2.24) is 9.80 Å². The van der Waals surface area contributed by atoms with Gasteiger partial charge in [0, 0.05) is 34.9 Å². The molecule has 5 heteroatoms. The summed E-state index contributed by atoms with van der Waals surface area (Å²) in [7, 11) is 0. The van der Waals surface area contributed by atoms with Crippen molar-refractivity contribution in [2.45, 2.75) is 75.5 Å². The smallest absolute Gasteiger partial charge is 0.256 e. The van der Waals surface area contributed by atoms with E-state index >= 15 is 0 Å². The summed E-state index contributed by atoms with van der Waals surface area (Å²) in [4.78, 5) is 30.3. The fraction of sp³-hybridized carbons (Fsp3) is 0.667. The Balaban J connectivity index is 1.44. The van der Waals surface area contributed by atoms with Gasteiger partial charge in [-0.1, -0.05) is 0 Å². The lowest BCUT2D eigenvalue weighted by Gasteiger charge is -2.25. The van der Waals surface area contributed by atoms with Gasteiger partial charge in [0.15, 0.2) is 0 Å². The maximum absolute atomic E-state index is 13.0. The minimum atomic E-state index is 0.103. The Bertz CT molecular complexity index is 575. The zero-order chi connectivity index (χ0) is 15.6. The number of fused-ring (bicyclic) bond motifs is 4. The zero-order valence-electron chi connectivity index (χ0n) is 13.2. The van der Waals surface area contributed by atoms with Crippen LogP contribution in [-0.2, 0) is 0 Å². The Morgan fingerprint density at radius 1 is 0.696 bits per heavy atom. The quantitative estimate of drug-likeness (QED) is 0.835. The first-order valence-corrected chi connectivity index (χ1v) is 9.90. The number of hydrogen-bond acceptors (Lipinski definition) is 3. The second-order valence-electron chi connectivity index (χ2n) is 7.55. The van der Waals surface area contributed by atoms with Crippen LogP contribution in [0.3, 0.4) is 0 Å². The van der Waals surface area contributed by atoms with Crippen LogP contribution in [0, 0.1) is 0 Å². The van der Waals surface area contributed by atoms with Crippen LogP contribution in [0.4, 0.5) is 0 Å². The number of hydrogen-bond donors (Lipinski definition) is 0. The van der Waals surface area contributed by atoms with E-state index in [1.165, 1.54) is 11.3 Å². The predicted molar refractivity (Wildman–Crippen MR) is 88.7 cm³/mol. The van der Waals surface area contributed by atoms with Crippen LogP contribution in [0.2, 0.25) is 0 Å². The average Bonchev–Trinajstić information content (AvgIpc) is 3.39. The number of amides is 2. The molecular formula is C18H22N2O2S. The molecule has 4 saturated heterocycles. The second-order valence-corrected chi connectivity index (χ2v) is 8.29. The van der Waals surface area contributed by atoms with Gasteiger partial charge in [-0.05, 0) is 51.4 Å². The lowest BCUT2D eigenvalue weighted by molar-refractivity contribution is 0.0690. The number of nitrogens with zero attached hydrogens (tertiary/aromatic N) is 2. The van der Waals surface area contributed by atoms with Gasteiger partial charge in [0.2, 0.25) is 0 Å². The highest BCUT2D eigenvalue weighted by Gasteiger charge is 2.45. The summed E-state index contributed by atoms with van der Waals surface area (Å²) in [6.45, 7) is 0. The molecule has 0 aromatic carbocycles. The summed E-state index contributed by atoms with van der Waals surface area (Å²) in [5.74, 6) is 0.206. The molecule has 4 aliphatic heterocycles. The third-order valence-corrected chi connectivity index (χ3v) is 7.24. The zero-order valence-corrected chi connectivity index (χ0v) is 14.1. The Labute approximate surface area is 140 Å². The van der Waals surface area contributed by atoms with Gasteiger partial charge in [0.05, 0.1) is 11.1 Å². The molecule has 0 saturated carbocycles. The summed E-state index contributed by atoms with van der Waals surface area (Å²) in [5.41, 5.74) is 1.31. The maximum atomic E-state index is 13.0. The molecule has 4 nitrogen and oxygen atoms in total. The molecule has 0 spiro atoms. The van der Waals surface area contributed by atoms with Crippen LogP contribution < -0.4 is 0 Å². The molecule has 4 fully saturated rings. The number of thiophene rings is 1. The molecule has 0 atom stereocenters. The normalized spacial score (nSPS) is 34.6. The largest absolute Gasteiger partial charge is 0.333 e. The van der Waals surface area contributed by atoms with E-state index in [1.54, 1.807) is 0 Å². The van der Waals surface area contributed by atoms with Gasteiger partial charge in [-0.2, -0.15) is 11.3 Å². The van der Waals surface area contributed by atoms with Crippen LogP contribution >= 0.6 is 11.3 Å². The minimum absolute atomic E-state index is 0.103. The third-order valence-electron chi connectivity index (χ3n) is 6.50. The summed E-state index contributed by atoms with van der Waals surface area (Å²) in [6, 6.07) is 1.66. The number of carbonyl (C=O) groups excluding carboxylic acids is 2. The minimum Gasteiger partial charge on any atom is -0.333 e. The molecule has 0 radical (unpaired) electrons. The molecule has 0 unspecified atom stereocenters. The molecule has 0 N–H and O–H groups in total. The Morgan fingerprint density at radius 3 is 1.30 bits per heavy atom. The van der Waals surface area contributed by atoms with E-state index in [2.05, 4.69) is 9.80 Å². The van der Waals surface area contributed by atoms with Crippen molar-refractivity contribution in [3.05, 3.63) is 21.9 Å². The molecule has 23 heavy (non-hydrogen) atoms. The molecule has 5 rings (SSSR count). The average molecular weight is 330 g/mol. The SMILES string of the molecule is O=C(c1cscc1C(=O)N1C2CCC1CC2)N1C2CCC1CC2. The van der Waals surface area contributed by atoms with Gasteiger partial charge in [-0.3, -0.25) is 9.59 Å². The highest BCUT2D eigenvalue weighted by molar-refractivity contribution is 7.08. The second kappa shape index (κ2) is 5.07. The van der Waals surface area contributed by atoms with Crippen molar-refractivity contribution in [3.63, 3.8) is 0 Å². The lowest BCUT2D eigenvalue weighted by atomic mass is 10.0. The topological polar surface area (TPSA) is 40.6 Å². The first-order valence-electron chi connectivity index (χ1n) is 8.95. The summed E-state index contributed by atoms with van der Waals surface area (Å²) in [5, 5.41) is 3.79. The molecular weight excluding hydrogens is 308 g/mol. The van der Waals surface area contributed by atoms with Gasteiger partial charge in [0.25, 0.3) is 11.8 Å². The maximum Gasteiger partial charge on any atom is 0.256 e. The standard InChI is InChI=1S/C18H22N2O2S/c21-17(19-11-1-2-12(19)4-3-11)15-9-23-10-16(15)18(22)20-13-5-6-14(20)8-7-13/h9-14H,1-8H2. The van der Waals surface area contributed by atoms with Crippen molar-refractivity contribution in [2.24, 2.45) is 0 Å². The highest BCUT2D eigenvalue weighted by Crippen LogP contribution is 2.41. The molecule has 4 bridgehead atoms. The molecule has 2 amide bonds. The molecule has 0 aliphatic carbocycles. The first-order chi connectivity index (χ1) is 11.2. The molecule has 1 aromatic heterocycles. The van der Waals surface area contributed by atoms with Gasteiger partial charge in [-0.15, -0.1) is 0 Å². The van der Waals surface area contributed by atoms with Crippen molar-refractivity contribution in [1.29, 1.82) is 0 Å². The number of rotatable bonds is 2. The van der Waals surface area contributed by atoms with Crippen LogP contribution in [0.15, 0.2) is 10.8 Å². The summed E-state index contributed by atoms with van der Waals surface area (Å²) >= 11 is 1.49. The van der Waals surface area contributed by atoms with E-state index in [-0.39, 0.29) is 11.8 Å². The van der Waals surface area contributed by atoms with Crippen LogP contribution in [0.5, 0.6) is 0 Å². The van der Waals surface area contributed by atoms with Crippen molar-refractivity contribution in [3.8, 4) is 0 Å². The van der Waals surface area contributed by atoms with Crippen LogP contribution in [0.25, 0.3) is 0 Å². The molecule has 4 aliphatic rings. The van der Waals surface area contributed by atoms with E-state index in [4.69, 9.17) is 0 Å². The highest BCUT2D eigenvalue weighted by atomic mass is 32.1. The van der Waals surface area contributed by atoms with Crippen LogP contribution in [0.1, 0.15) is 72.1 Å². The van der Waals surface area contributed by atoms with E-state index in [0.29, 0.717) is 35.3 Å². The fourth-order valence-electron chi connectivity index (χ4n) is 5.40. The van der Waals surface area contributed by atoms with E-state index in [1.807, 2.05) is 10.8 Å². The van der Waals surface area contributed by atoms with Crippen molar-refractivity contribution >= 4 is 23.2 Å². The van der Waals surface area contributed by atoms with Gasteiger partial charge >= 0.3 is 0 Å². The van der Waals surface area contributed by atoms with Crippen molar-refractivity contribution in [2.75, 3.05) is 0 Å². The van der Waals surface area contributed by atoms with Gasteiger partial charge in [0.1, 0.15) is 0 Å². The Kier molecular flexibility index (Phi) is 3.09. The lowest BCUT2D eigenvalue weighted by Crippen LogP contribution is -2.38. The molecule has 1 aromatic rings. The van der Waals surface area contributed by atoms with E-state index in [9.17, 15) is 9.59 Å². The fourth-order valence-corrected chi connectivity index (χ4v) is 6.19. The van der Waals surface area contributed by atoms with E-state index in [0.717, 1.165) is 51.4 Å². The summed E-state index contributed by atoms with van der Waals surface area (Å²) < 4.78 is 0. The number of carbonyl (C=O) groups is 2. The monoisotopic (exact) mass is 330 g/mol. The third kappa shape index (κ3) is 1.95. The predicted octanol–water partition coefficient (Wildman–Crippen LogP) is 3.28. The van der Waals surface area contributed by atoms with E-state index < -0.39 is 0 Å². The summed E-state index contributed by atoms with van der Waals surface area (Å²) in [6.07, 6.45) is 9.11. The molecule has 122 valence electrons. The molecule has 5 heterocycles. The van der Waals surface area contributed by atoms with Gasteiger partial charge < -0.3 is 9.80 Å². The van der Waals surface area contributed by atoms with Gasteiger partial charge in [-0.25, -0.2) is 0 Å². The van der Waals surface area contributed by atoms with Crippen LogP contribution in [-0.4, -0.2) is 45.8 Å². The first kappa shape index (κ1) is 14.0. The Morgan fingerprint density at radius 2 is 1.00 bits per heavy atom. The Hall–Kier alpha value is -1.36.